The zero-order valence-corrected chi connectivity index (χ0v) is 11.9. The maximum atomic E-state index is 11.7. The molecule has 1 saturated carbocycles. The van der Waals surface area contributed by atoms with Gasteiger partial charge in [-0.1, -0.05) is 23.7 Å². The smallest absolute Gasteiger partial charge is 0.220 e. The normalized spacial score (nSPS) is 17.8. The van der Waals surface area contributed by atoms with E-state index in [2.05, 4.69) is 5.32 Å². The molecule has 2 N–H and O–H groups in total. The number of rotatable bonds is 6. The highest BCUT2D eigenvalue weighted by atomic mass is 35.5. The Labute approximate surface area is 119 Å². The van der Waals surface area contributed by atoms with E-state index < -0.39 is 5.60 Å². The van der Waals surface area contributed by atoms with E-state index in [1.165, 1.54) is 0 Å². The van der Waals surface area contributed by atoms with Crippen molar-refractivity contribution in [1.29, 1.82) is 0 Å². The van der Waals surface area contributed by atoms with E-state index in [9.17, 15) is 9.90 Å². The van der Waals surface area contributed by atoms with Gasteiger partial charge < -0.3 is 10.4 Å². The predicted octanol–water partition coefficient (Wildman–Crippen LogP) is 2.55. The van der Waals surface area contributed by atoms with Crippen LogP contribution in [0.2, 0.25) is 5.02 Å². The second kappa shape index (κ2) is 5.93. The number of halogens is 1. The van der Waals surface area contributed by atoms with Crippen LogP contribution in [-0.2, 0) is 11.2 Å². The Kier molecular flexibility index (Phi) is 4.48. The Hall–Kier alpha value is -1.06. The summed E-state index contributed by atoms with van der Waals surface area (Å²) in [5.41, 5.74) is 0.294. The highest BCUT2D eigenvalue weighted by molar-refractivity contribution is 6.30. The van der Waals surface area contributed by atoms with Gasteiger partial charge in [0, 0.05) is 18.0 Å². The van der Waals surface area contributed by atoms with Gasteiger partial charge in [0.2, 0.25) is 5.91 Å². The van der Waals surface area contributed by atoms with Crippen LogP contribution < -0.4 is 5.32 Å². The zero-order chi connectivity index (χ0) is 13.9. The van der Waals surface area contributed by atoms with Crippen LogP contribution in [0.25, 0.3) is 0 Å². The molecule has 0 aromatic heterocycles. The van der Waals surface area contributed by atoms with Crippen molar-refractivity contribution in [2.45, 2.75) is 38.2 Å². The van der Waals surface area contributed by atoms with Crippen LogP contribution in [0.15, 0.2) is 24.3 Å². The summed E-state index contributed by atoms with van der Waals surface area (Å²) in [6.45, 7) is 2.13. The summed E-state index contributed by atoms with van der Waals surface area (Å²) in [4.78, 5) is 11.7. The lowest BCUT2D eigenvalue weighted by atomic mass is 10.0. The van der Waals surface area contributed by atoms with E-state index in [0.717, 1.165) is 18.4 Å². The van der Waals surface area contributed by atoms with Gasteiger partial charge in [0.15, 0.2) is 0 Å². The number of carbonyl (C=O) groups excluding carboxylic acids is 1. The Morgan fingerprint density at radius 3 is 2.89 bits per heavy atom. The van der Waals surface area contributed by atoms with Crippen molar-refractivity contribution in [3.8, 4) is 0 Å². The molecule has 0 aliphatic heterocycles. The van der Waals surface area contributed by atoms with Crippen molar-refractivity contribution >= 4 is 17.5 Å². The summed E-state index contributed by atoms with van der Waals surface area (Å²) in [6.07, 6.45) is 3.20. The Balaban J connectivity index is 1.72. The molecular formula is C15H20ClNO2. The highest BCUT2D eigenvalue weighted by Gasteiger charge is 2.39. The van der Waals surface area contributed by atoms with E-state index in [1.54, 1.807) is 6.92 Å². The van der Waals surface area contributed by atoms with E-state index in [4.69, 9.17) is 11.6 Å². The standard InChI is InChI=1S/C15H20ClNO2/c1-15(19,12-6-7-12)10-17-14(18)8-5-11-3-2-4-13(16)9-11/h2-4,9,12,19H,5-8,10H2,1H3,(H,17,18)/t15-/m0/s1. The summed E-state index contributed by atoms with van der Waals surface area (Å²) in [6, 6.07) is 7.53. The molecule has 0 heterocycles. The van der Waals surface area contributed by atoms with Crippen molar-refractivity contribution in [2.24, 2.45) is 5.92 Å². The summed E-state index contributed by atoms with van der Waals surface area (Å²) in [5.74, 6) is 0.321. The lowest BCUT2D eigenvalue weighted by Crippen LogP contribution is -2.42. The summed E-state index contributed by atoms with van der Waals surface area (Å²) < 4.78 is 0. The van der Waals surface area contributed by atoms with Crippen LogP contribution in [0.1, 0.15) is 31.7 Å². The molecular weight excluding hydrogens is 262 g/mol. The summed E-state index contributed by atoms with van der Waals surface area (Å²) in [5, 5.41) is 13.6. The van der Waals surface area contributed by atoms with Gasteiger partial charge in [-0.15, -0.1) is 0 Å². The van der Waals surface area contributed by atoms with Crippen LogP contribution in [0.5, 0.6) is 0 Å². The van der Waals surface area contributed by atoms with Gasteiger partial charge in [0.25, 0.3) is 0 Å². The highest BCUT2D eigenvalue weighted by Crippen LogP contribution is 2.38. The third-order valence-electron chi connectivity index (χ3n) is 3.63. The molecule has 1 atom stereocenters. The van der Waals surface area contributed by atoms with Crippen LogP contribution in [-0.4, -0.2) is 23.2 Å². The maximum Gasteiger partial charge on any atom is 0.220 e. The minimum atomic E-state index is -0.758. The first-order chi connectivity index (χ1) is 8.97. The van der Waals surface area contributed by atoms with Crippen molar-refractivity contribution < 1.29 is 9.90 Å². The third-order valence-corrected chi connectivity index (χ3v) is 3.87. The molecule has 0 radical (unpaired) electrons. The molecule has 0 spiro atoms. The third kappa shape index (κ3) is 4.51. The first-order valence-corrected chi connectivity index (χ1v) is 7.09. The minimum Gasteiger partial charge on any atom is -0.388 e. The number of benzene rings is 1. The van der Waals surface area contributed by atoms with Crippen LogP contribution in [0, 0.1) is 5.92 Å². The second-order valence-corrected chi connectivity index (χ2v) is 5.97. The van der Waals surface area contributed by atoms with E-state index in [1.807, 2.05) is 24.3 Å². The molecule has 1 aromatic rings. The monoisotopic (exact) mass is 281 g/mol. The van der Waals surface area contributed by atoms with E-state index in [0.29, 0.717) is 30.3 Å². The summed E-state index contributed by atoms with van der Waals surface area (Å²) in [7, 11) is 0. The fourth-order valence-corrected chi connectivity index (χ4v) is 2.38. The fourth-order valence-electron chi connectivity index (χ4n) is 2.17. The fraction of sp³-hybridized carbons (Fsp3) is 0.533. The van der Waals surface area contributed by atoms with Gasteiger partial charge in [0.1, 0.15) is 0 Å². The topological polar surface area (TPSA) is 49.3 Å². The van der Waals surface area contributed by atoms with Gasteiger partial charge in [-0.3, -0.25) is 4.79 Å². The first-order valence-electron chi connectivity index (χ1n) is 6.71. The molecule has 1 aliphatic carbocycles. The number of aliphatic hydroxyl groups is 1. The molecule has 0 saturated heterocycles. The average Bonchev–Trinajstić information content (AvgIpc) is 3.18. The maximum absolute atomic E-state index is 11.7. The number of aryl methyl sites for hydroxylation is 1. The molecule has 1 amide bonds. The molecule has 1 aliphatic rings. The molecule has 1 fully saturated rings. The van der Waals surface area contributed by atoms with E-state index in [-0.39, 0.29) is 5.91 Å². The largest absolute Gasteiger partial charge is 0.388 e. The lowest BCUT2D eigenvalue weighted by Gasteiger charge is -2.23. The van der Waals surface area contributed by atoms with Gasteiger partial charge in [-0.05, 0) is 49.8 Å². The van der Waals surface area contributed by atoms with Gasteiger partial charge >= 0.3 is 0 Å². The average molecular weight is 282 g/mol. The van der Waals surface area contributed by atoms with Crippen molar-refractivity contribution in [1.82, 2.24) is 5.32 Å². The molecule has 19 heavy (non-hydrogen) atoms. The second-order valence-electron chi connectivity index (χ2n) is 5.54. The van der Waals surface area contributed by atoms with Gasteiger partial charge in [-0.25, -0.2) is 0 Å². The Bertz CT molecular complexity index is 455. The Morgan fingerprint density at radius 2 is 2.26 bits per heavy atom. The molecule has 0 unspecified atom stereocenters. The lowest BCUT2D eigenvalue weighted by molar-refractivity contribution is -0.122. The molecule has 0 bridgehead atoms. The minimum absolute atomic E-state index is 0.0269. The molecule has 4 heteroatoms. The zero-order valence-electron chi connectivity index (χ0n) is 11.2. The predicted molar refractivity (Wildman–Crippen MR) is 76.1 cm³/mol. The van der Waals surface area contributed by atoms with Gasteiger partial charge in [0.05, 0.1) is 5.60 Å². The quantitative estimate of drug-likeness (QED) is 0.842. The van der Waals surface area contributed by atoms with Crippen LogP contribution in [0.4, 0.5) is 0 Å². The van der Waals surface area contributed by atoms with E-state index >= 15 is 0 Å². The number of hydrogen-bond donors (Lipinski definition) is 2. The number of amides is 1. The van der Waals surface area contributed by atoms with Crippen molar-refractivity contribution in [3.05, 3.63) is 34.9 Å². The van der Waals surface area contributed by atoms with Crippen molar-refractivity contribution in [3.63, 3.8) is 0 Å². The first kappa shape index (κ1) is 14.4. The van der Waals surface area contributed by atoms with Gasteiger partial charge in [-0.2, -0.15) is 0 Å². The number of nitrogens with one attached hydrogen (secondary N) is 1. The van der Waals surface area contributed by atoms with Crippen molar-refractivity contribution in [2.75, 3.05) is 6.54 Å². The molecule has 1 aromatic carbocycles. The molecule has 104 valence electrons. The SMILES string of the molecule is C[C@](O)(CNC(=O)CCc1cccc(Cl)c1)C1CC1. The number of hydrogen-bond acceptors (Lipinski definition) is 2. The molecule has 3 nitrogen and oxygen atoms in total. The van der Waals surface area contributed by atoms with Crippen LogP contribution >= 0.6 is 11.6 Å². The molecule has 2 rings (SSSR count). The number of carbonyl (C=O) groups is 1. The summed E-state index contributed by atoms with van der Waals surface area (Å²) >= 11 is 5.89. The van der Waals surface area contributed by atoms with Crippen LogP contribution in [0.3, 0.4) is 0 Å². The Morgan fingerprint density at radius 1 is 1.53 bits per heavy atom.